The molecule has 3 rings (SSSR count). The van der Waals surface area contributed by atoms with E-state index in [0.29, 0.717) is 6.54 Å². The molecule has 1 fully saturated rings. The molecule has 0 radical (unpaired) electrons. The number of nitrogens with zero attached hydrogens (tertiary/aromatic N) is 3. The molecular formula is C17H18BrF3N4O. The summed E-state index contributed by atoms with van der Waals surface area (Å²) in [6.45, 7) is 2.31. The second-order valence-corrected chi connectivity index (χ2v) is 6.95. The maximum Gasteiger partial charge on any atom is 0.433 e. The second-order valence-electron chi connectivity index (χ2n) is 6.10. The number of hydrogen-bond acceptors (Lipinski definition) is 5. The molecule has 26 heavy (non-hydrogen) atoms. The Morgan fingerprint density at radius 2 is 2.15 bits per heavy atom. The SMILES string of the molecule is COc1ccc(CN2CCC(Nc3nccc(C(F)(F)F)n3)C2)cc1Br. The van der Waals surface area contributed by atoms with Crippen molar-refractivity contribution in [2.24, 2.45) is 0 Å². The monoisotopic (exact) mass is 430 g/mol. The van der Waals surface area contributed by atoms with Gasteiger partial charge in [0, 0.05) is 31.9 Å². The van der Waals surface area contributed by atoms with E-state index < -0.39 is 11.9 Å². The molecule has 9 heteroatoms. The van der Waals surface area contributed by atoms with Crippen LogP contribution in [0, 0.1) is 0 Å². The van der Waals surface area contributed by atoms with Crippen LogP contribution in [0.2, 0.25) is 0 Å². The van der Waals surface area contributed by atoms with Gasteiger partial charge in [0.05, 0.1) is 11.6 Å². The Morgan fingerprint density at radius 1 is 1.35 bits per heavy atom. The van der Waals surface area contributed by atoms with Crippen molar-refractivity contribution in [3.05, 3.63) is 46.2 Å². The maximum absolute atomic E-state index is 12.7. The van der Waals surface area contributed by atoms with Crippen molar-refractivity contribution in [1.29, 1.82) is 0 Å². The molecule has 1 aliphatic rings. The Morgan fingerprint density at radius 3 is 2.85 bits per heavy atom. The molecule has 0 amide bonds. The molecule has 1 aliphatic heterocycles. The van der Waals surface area contributed by atoms with Gasteiger partial charge >= 0.3 is 6.18 Å². The minimum Gasteiger partial charge on any atom is -0.496 e. The lowest BCUT2D eigenvalue weighted by molar-refractivity contribution is -0.141. The zero-order chi connectivity index (χ0) is 18.7. The number of aromatic nitrogens is 2. The molecule has 1 unspecified atom stereocenters. The standard InChI is InChI=1S/C17H18BrF3N4O/c1-26-14-3-2-11(8-13(14)18)9-25-7-5-12(10-25)23-16-22-6-4-15(24-16)17(19,20)21/h2-4,6,8,12H,5,7,9-10H2,1H3,(H,22,23,24). The summed E-state index contributed by atoms with van der Waals surface area (Å²) in [5.41, 5.74) is 0.196. The van der Waals surface area contributed by atoms with E-state index in [0.717, 1.165) is 47.6 Å². The van der Waals surface area contributed by atoms with Crippen molar-refractivity contribution in [1.82, 2.24) is 14.9 Å². The quantitative estimate of drug-likeness (QED) is 0.777. The highest BCUT2D eigenvalue weighted by molar-refractivity contribution is 9.10. The third-order valence-electron chi connectivity index (χ3n) is 4.17. The first kappa shape index (κ1) is 18.9. The third-order valence-corrected chi connectivity index (χ3v) is 4.79. The van der Waals surface area contributed by atoms with Gasteiger partial charge in [-0.3, -0.25) is 4.90 Å². The molecule has 0 saturated carbocycles. The predicted octanol–water partition coefficient (Wildman–Crippen LogP) is 3.95. The maximum atomic E-state index is 12.7. The van der Waals surface area contributed by atoms with E-state index in [9.17, 15) is 13.2 Å². The van der Waals surface area contributed by atoms with Crippen LogP contribution in [0.3, 0.4) is 0 Å². The smallest absolute Gasteiger partial charge is 0.433 e. The summed E-state index contributed by atoms with van der Waals surface area (Å²) in [7, 11) is 1.62. The highest BCUT2D eigenvalue weighted by atomic mass is 79.9. The second kappa shape index (κ2) is 7.79. The van der Waals surface area contributed by atoms with E-state index in [2.05, 4.69) is 36.1 Å². The van der Waals surface area contributed by atoms with Crippen LogP contribution in [0.1, 0.15) is 17.7 Å². The molecule has 1 N–H and O–H groups in total. The molecule has 1 atom stereocenters. The van der Waals surface area contributed by atoms with Gasteiger partial charge in [0.1, 0.15) is 11.4 Å². The Bertz CT molecular complexity index is 772. The van der Waals surface area contributed by atoms with Gasteiger partial charge in [0.15, 0.2) is 0 Å². The van der Waals surface area contributed by atoms with Gasteiger partial charge in [-0.2, -0.15) is 13.2 Å². The predicted molar refractivity (Wildman–Crippen MR) is 95.0 cm³/mol. The average Bonchev–Trinajstić information content (AvgIpc) is 3.01. The third kappa shape index (κ3) is 4.64. The molecule has 140 valence electrons. The molecule has 0 spiro atoms. The van der Waals surface area contributed by atoms with Crippen LogP contribution in [0.4, 0.5) is 19.1 Å². The van der Waals surface area contributed by atoms with E-state index in [1.807, 2.05) is 18.2 Å². The number of anilines is 1. The van der Waals surface area contributed by atoms with Crippen molar-refractivity contribution in [2.45, 2.75) is 25.2 Å². The van der Waals surface area contributed by atoms with Crippen LogP contribution in [-0.4, -0.2) is 41.1 Å². The minimum absolute atomic E-state index is 0.0128. The highest BCUT2D eigenvalue weighted by Crippen LogP contribution is 2.28. The van der Waals surface area contributed by atoms with Gasteiger partial charge < -0.3 is 10.1 Å². The van der Waals surface area contributed by atoms with Gasteiger partial charge in [-0.25, -0.2) is 9.97 Å². The van der Waals surface area contributed by atoms with Crippen LogP contribution < -0.4 is 10.1 Å². The Labute approximate surface area is 157 Å². The zero-order valence-corrected chi connectivity index (χ0v) is 15.6. The summed E-state index contributed by atoms with van der Waals surface area (Å²) in [6.07, 6.45) is -2.53. The van der Waals surface area contributed by atoms with Crippen LogP contribution in [-0.2, 0) is 12.7 Å². The van der Waals surface area contributed by atoms with Crippen molar-refractivity contribution in [2.75, 3.05) is 25.5 Å². The average molecular weight is 431 g/mol. The number of methoxy groups -OCH3 is 1. The van der Waals surface area contributed by atoms with Gasteiger partial charge in [0.2, 0.25) is 5.95 Å². The van der Waals surface area contributed by atoms with E-state index >= 15 is 0 Å². The fourth-order valence-corrected chi connectivity index (χ4v) is 3.52. The highest BCUT2D eigenvalue weighted by Gasteiger charge is 2.33. The van der Waals surface area contributed by atoms with Crippen LogP contribution in [0.15, 0.2) is 34.9 Å². The summed E-state index contributed by atoms with van der Waals surface area (Å²) < 4.78 is 44.3. The number of nitrogens with one attached hydrogen (secondary N) is 1. The number of alkyl halides is 3. The summed E-state index contributed by atoms with van der Waals surface area (Å²) in [5.74, 6) is 0.787. The van der Waals surface area contributed by atoms with E-state index in [-0.39, 0.29) is 12.0 Å². The number of halogens is 4. The van der Waals surface area contributed by atoms with Crippen LogP contribution in [0.25, 0.3) is 0 Å². The van der Waals surface area contributed by atoms with Crippen molar-refractivity contribution in [3.63, 3.8) is 0 Å². The summed E-state index contributed by atoms with van der Waals surface area (Å²) in [5, 5.41) is 3.01. The summed E-state index contributed by atoms with van der Waals surface area (Å²) >= 11 is 3.47. The number of likely N-dealkylation sites (tertiary alicyclic amines) is 1. The molecule has 1 saturated heterocycles. The zero-order valence-electron chi connectivity index (χ0n) is 14.1. The first-order valence-corrected chi connectivity index (χ1v) is 8.86. The fraction of sp³-hybridized carbons (Fsp3) is 0.412. The van der Waals surface area contributed by atoms with Gasteiger partial charge in [-0.1, -0.05) is 6.07 Å². The summed E-state index contributed by atoms with van der Waals surface area (Å²) in [4.78, 5) is 9.69. The molecule has 1 aromatic heterocycles. The summed E-state index contributed by atoms with van der Waals surface area (Å²) in [6, 6.07) is 6.80. The van der Waals surface area contributed by atoms with Crippen molar-refractivity contribution in [3.8, 4) is 5.75 Å². The van der Waals surface area contributed by atoms with Crippen molar-refractivity contribution < 1.29 is 17.9 Å². The molecule has 2 heterocycles. The normalized spacial score (nSPS) is 18.1. The first-order valence-electron chi connectivity index (χ1n) is 8.06. The van der Waals surface area contributed by atoms with Crippen molar-refractivity contribution >= 4 is 21.9 Å². The topological polar surface area (TPSA) is 50.3 Å². The number of ether oxygens (including phenoxy) is 1. The van der Waals surface area contributed by atoms with Gasteiger partial charge in [-0.05, 0) is 46.1 Å². The number of rotatable bonds is 5. The lowest BCUT2D eigenvalue weighted by atomic mass is 10.2. The van der Waals surface area contributed by atoms with Gasteiger partial charge in [0.25, 0.3) is 0 Å². The number of hydrogen-bond donors (Lipinski definition) is 1. The minimum atomic E-state index is -4.47. The molecule has 0 bridgehead atoms. The molecule has 1 aromatic carbocycles. The number of benzene rings is 1. The van der Waals surface area contributed by atoms with Gasteiger partial charge in [-0.15, -0.1) is 0 Å². The van der Waals surface area contributed by atoms with Crippen LogP contribution in [0.5, 0.6) is 5.75 Å². The molecular weight excluding hydrogens is 413 g/mol. The van der Waals surface area contributed by atoms with E-state index in [4.69, 9.17) is 4.74 Å². The Hall–Kier alpha value is -1.87. The largest absolute Gasteiger partial charge is 0.496 e. The molecule has 0 aliphatic carbocycles. The lowest BCUT2D eigenvalue weighted by Gasteiger charge is -2.17. The first-order chi connectivity index (χ1) is 12.3. The molecule has 2 aromatic rings. The Kier molecular flexibility index (Phi) is 5.67. The Balaban J connectivity index is 1.58. The lowest BCUT2D eigenvalue weighted by Crippen LogP contribution is -2.27. The fourth-order valence-electron chi connectivity index (χ4n) is 2.93. The van der Waals surface area contributed by atoms with E-state index in [1.165, 1.54) is 0 Å². The van der Waals surface area contributed by atoms with Crippen LogP contribution >= 0.6 is 15.9 Å². The molecule has 5 nitrogen and oxygen atoms in total. The van der Waals surface area contributed by atoms with E-state index in [1.54, 1.807) is 7.11 Å².